The fourth-order valence-electron chi connectivity index (χ4n) is 3.29. The summed E-state index contributed by atoms with van der Waals surface area (Å²) in [6.45, 7) is 2.03. The third-order valence-corrected chi connectivity index (χ3v) is 5.97. The number of carbonyl (C=O) groups is 2. The average molecular weight is 478 g/mol. The minimum atomic E-state index is -1.45. The fraction of sp³-hybridized carbons (Fsp3) is 0.300. The molecule has 2 N–H and O–H groups in total. The molecule has 2 aromatic carbocycles. The zero-order valence-electron chi connectivity index (χ0n) is 15.9. The molecule has 0 heterocycles. The van der Waals surface area contributed by atoms with Crippen molar-refractivity contribution in [2.45, 2.75) is 17.2 Å². The highest BCUT2D eigenvalue weighted by Gasteiger charge is 2.67. The normalized spacial score (nSPS) is 19.2. The van der Waals surface area contributed by atoms with Crippen LogP contribution in [0.4, 0.5) is 14.5 Å². The molecule has 0 bridgehead atoms. The Bertz CT molecular complexity index is 1020. The van der Waals surface area contributed by atoms with E-state index in [0.717, 1.165) is 12.1 Å². The van der Waals surface area contributed by atoms with E-state index >= 15 is 0 Å². The van der Waals surface area contributed by atoms with Gasteiger partial charge in [-0.15, -0.1) is 23.2 Å². The maximum atomic E-state index is 14.4. The third-order valence-electron chi connectivity index (χ3n) is 4.74. The number of hydrogen-bond donors (Lipinski definition) is 2. The number of nitrogens with one attached hydrogen (secondary N) is 2. The first kappa shape index (κ1) is 22.6. The third kappa shape index (κ3) is 4.19. The number of rotatable bonds is 6. The molecular formula is C20H17Cl3F2N2O3. The summed E-state index contributed by atoms with van der Waals surface area (Å²) in [5.41, 5.74) is 0.456. The molecule has 1 saturated carbocycles. The molecule has 160 valence electrons. The Hall–Kier alpha value is -2.09. The Balaban J connectivity index is 1.85. The van der Waals surface area contributed by atoms with E-state index in [9.17, 15) is 18.4 Å². The number of methoxy groups -OCH3 is 1. The molecule has 10 heteroatoms. The van der Waals surface area contributed by atoms with E-state index in [0.29, 0.717) is 12.1 Å². The predicted octanol–water partition coefficient (Wildman–Crippen LogP) is 4.90. The SMILES string of the molecule is CCNC(=O)c1cc(NC(=O)[C@H]2[C@H](c3ccc(F)c(Cl)c3)C2(Cl)Cl)cc(F)c1OC. The number of ether oxygens (including phenoxy) is 1. The molecule has 0 unspecified atom stereocenters. The summed E-state index contributed by atoms with van der Waals surface area (Å²) in [6.07, 6.45) is 0. The second-order valence-electron chi connectivity index (χ2n) is 6.69. The van der Waals surface area contributed by atoms with Crippen molar-refractivity contribution in [2.24, 2.45) is 5.92 Å². The summed E-state index contributed by atoms with van der Waals surface area (Å²) in [5.74, 6) is -4.34. The largest absolute Gasteiger partial charge is 0.493 e. The van der Waals surface area contributed by atoms with E-state index in [-0.39, 0.29) is 22.0 Å². The number of hydrogen-bond acceptors (Lipinski definition) is 3. The Morgan fingerprint density at radius 2 is 1.87 bits per heavy atom. The van der Waals surface area contributed by atoms with Crippen LogP contribution >= 0.6 is 34.8 Å². The zero-order chi connectivity index (χ0) is 22.2. The number of carbonyl (C=O) groups excluding carboxylic acids is 2. The van der Waals surface area contributed by atoms with Gasteiger partial charge in [0.25, 0.3) is 5.91 Å². The minimum Gasteiger partial charge on any atom is -0.493 e. The highest BCUT2D eigenvalue weighted by atomic mass is 35.5. The van der Waals surface area contributed by atoms with Crippen LogP contribution in [0.15, 0.2) is 30.3 Å². The van der Waals surface area contributed by atoms with Crippen LogP contribution in [-0.4, -0.2) is 29.8 Å². The van der Waals surface area contributed by atoms with E-state index in [1.807, 2.05) is 0 Å². The quantitative estimate of drug-likeness (QED) is 0.582. The van der Waals surface area contributed by atoms with Gasteiger partial charge < -0.3 is 15.4 Å². The van der Waals surface area contributed by atoms with E-state index in [1.165, 1.54) is 25.3 Å². The van der Waals surface area contributed by atoms with Gasteiger partial charge in [-0.05, 0) is 30.7 Å². The molecule has 1 fully saturated rings. The number of benzene rings is 2. The van der Waals surface area contributed by atoms with Crippen molar-refractivity contribution in [1.82, 2.24) is 5.32 Å². The van der Waals surface area contributed by atoms with Crippen molar-refractivity contribution in [3.63, 3.8) is 0 Å². The van der Waals surface area contributed by atoms with Crippen molar-refractivity contribution in [2.75, 3.05) is 19.0 Å². The van der Waals surface area contributed by atoms with Gasteiger partial charge in [-0.1, -0.05) is 17.7 Å². The standard InChI is InChI=1S/C20H17Cl3F2N2O3/c1-3-26-18(28)11-7-10(8-14(25)17(11)30-2)27-19(29)16-15(20(16,22)23)9-4-5-13(24)12(21)6-9/h4-8,15-16H,3H2,1-2H3,(H,26,28)(H,27,29)/t15-,16+/m0/s1. The Kier molecular flexibility index (Phi) is 6.45. The number of halogens is 5. The average Bonchev–Trinajstić information content (AvgIpc) is 3.26. The number of anilines is 1. The molecular weight excluding hydrogens is 461 g/mol. The Labute approximate surface area is 186 Å². The van der Waals surface area contributed by atoms with Crippen molar-refractivity contribution >= 4 is 52.3 Å². The van der Waals surface area contributed by atoms with Gasteiger partial charge in [-0.2, -0.15) is 0 Å². The summed E-state index contributed by atoms with van der Waals surface area (Å²) < 4.78 is 31.3. The van der Waals surface area contributed by atoms with Gasteiger partial charge in [0.15, 0.2) is 11.6 Å². The molecule has 1 aliphatic carbocycles. The zero-order valence-corrected chi connectivity index (χ0v) is 18.1. The second-order valence-corrected chi connectivity index (χ2v) is 8.54. The van der Waals surface area contributed by atoms with Crippen molar-refractivity contribution in [3.8, 4) is 5.75 Å². The molecule has 1 aliphatic rings. The summed E-state index contributed by atoms with van der Waals surface area (Å²) in [6, 6.07) is 6.27. The van der Waals surface area contributed by atoms with Crippen LogP contribution in [0.25, 0.3) is 0 Å². The van der Waals surface area contributed by atoms with Crippen LogP contribution in [-0.2, 0) is 4.79 Å². The summed E-state index contributed by atoms with van der Waals surface area (Å²) in [5, 5.41) is 4.95. The summed E-state index contributed by atoms with van der Waals surface area (Å²) in [7, 11) is 1.23. The molecule has 3 rings (SSSR count). The van der Waals surface area contributed by atoms with Gasteiger partial charge in [-0.3, -0.25) is 9.59 Å². The second kappa shape index (κ2) is 8.57. The van der Waals surface area contributed by atoms with Gasteiger partial charge in [0.05, 0.1) is 23.6 Å². The van der Waals surface area contributed by atoms with E-state index in [1.54, 1.807) is 6.92 Å². The van der Waals surface area contributed by atoms with E-state index in [2.05, 4.69) is 10.6 Å². The Morgan fingerprint density at radius 1 is 1.17 bits per heavy atom. The van der Waals surface area contributed by atoms with Crippen LogP contribution in [0.5, 0.6) is 5.75 Å². The van der Waals surface area contributed by atoms with Crippen LogP contribution in [0, 0.1) is 17.6 Å². The summed E-state index contributed by atoms with van der Waals surface area (Å²) >= 11 is 18.3. The first-order valence-corrected chi connectivity index (χ1v) is 10.0. The lowest BCUT2D eigenvalue weighted by atomic mass is 10.1. The highest BCUT2D eigenvalue weighted by Crippen LogP contribution is 2.65. The first-order chi connectivity index (χ1) is 14.1. The molecule has 30 heavy (non-hydrogen) atoms. The van der Waals surface area contributed by atoms with E-state index in [4.69, 9.17) is 39.5 Å². The van der Waals surface area contributed by atoms with Gasteiger partial charge >= 0.3 is 0 Å². The number of alkyl halides is 2. The van der Waals surface area contributed by atoms with Crippen LogP contribution in [0.1, 0.15) is 28.8 Å². The first-order valence-electron chi connectivity index (χ1n) is 8.91. The maximum absolute atomic E-state index is 14.4. The molecule has 2 atom stereocenters. The monoisotopic (exact) mass is 476 g/mol. The molecule has 0 radical (unpaired) electrons. The molecule has 0 spiro atoms. The van der Waals surface area contributed by atoms with Crippen molar-refractivity contribution in [3.05, 3.63) is 58.1 Å². The molecule has 0 aromatic heterocycles. The molecule has 2 amide bonds. The van der Waals surface area contributed by atoms with Gasteiger partial charge in [0, 0.05) is 24.2 Å². The molecule has 0 aliphatic heterocycles. The smallest absolute Gasteiger partial charge is 0.255 e. The Morgan fingerprint density at radius 3 is 2.47 bits per heavy atom. The predicted molar refractivity (Wildman–Crippen MR) is 112 cm³/mol. The van der Waals surface area contributed by atoms with Crippen LogP contribution in [0.3, 0.4) is 0 Å². The van der Waals surface area contributed by atoms with Crippen molar-refractivity contribution in [1.29, 1.82) is 0 Å². The lowest BCUT2D eigenvalue weighted by Crippen LogP contribution is -2.24. The van der Waals surface area contributed by atoms with Crippen LogP contribution < -0.4 is 15.4 Å². The molecule has 2 aromatic rings. The minimum absolute atomic E-state index is 0.0338. The van der Waals surface area contributed by atoms with Crippen LogP contribution in [0.2, 0.25) is 5.02 Å². The van der Waals surface area contributed by atoms with Gasteiger partial charge in [-0.25, -0.2) is 8.78 Å². The lowest BCUT2D eigenvalue weighted by molar-refractivity contribution is -0.117. The van der Waals surface area contributed by atoms with E-state index < -0.39 is 39.6 Å². The molecule has 0 saturated heterocycles. The van der Waals surface area contributed by atoms with Gasteiger partial charge in [0.1, 0.15) is 10.2 Å². The maximum Gasteiger partial charge on any atom is 0.255 e. The van der Waals surface area contributed by atoms with Gasteiger partial charge in [0.2, 0.25) is 5.91 Å². The lowest BCUT2D eigenvalue weighted by Gasteiger charge is -2.13. The number of amides is 2. The van der Waals surface area contributed by atoms with Crippen molar-refractivity contribution < 1.29 is 23.1 Å². The summed E-state index contributed by atoms with van der Waals surface area (Å²) in [4.78, 5) is 25.0. The highest BCUT2D eigenvalue weighted by molar-refractivity contribution is 6.53. The topological polar surface area (TPSA) is 67.4 Å². The molecule has 5 nitrogen and oxygen atoms in total. The fourth-order valence-corrected chi connectivity index (χ4v) is 4.31.